The lowest BCUT2D eigenvalue weighted by Gasteiger charge is -2.02. The van der Waals surface area contributed by atoms with Gasteiger partial charge in [-0.15, -0.1) is 0 Å². The Morgan fingerprint density at radius 2 is 2.21 bits per heavy atom. The normalized spacial score (nSPS) is 10.5. The maximum atomic E-state index is 5.94. The third-order valence-corrected chi connectivity index (χ3v) is 3.89. The minimum atomic E-state index is 0.457. The van der Waals surface area contributed by atoms with E-state index in [9.17, 15) is 0 Å². The molecule has 0 bridgehead atoms. The number of hydrogen-bond donors (Lipinski definition) is 0. The van der Waals surface area contributed by atoms with Crippen molar-refractivity contribution in [3.63, 3.8) is 0 Å². The molecule has 0 aliphatic heterocycles. The molecule has 0 saturated heterocycles. The second kappa shape index (κ2) is 3.96. The van der Waals surface area contributed by atoms with E-state index in [1.807, 2.05) is 23.8 Å². The van der Waals surface area contributed by atoms with Gasteiger partial charge in [-0.25, -0.2) is 9.97 Å². The summed E-state index contributed by atoms with van der Waals surface area (Å²) in [6.45, 7) is 1.90. The highest BCUT2D eigenvalue weighted by Gasteiger charge is 2.08. The van der Waals surface area contributed by atoms with Crippen LogP contribution in [-0.2, 0) is 0 Å². The smallest absolute Gasteiger partial charge is 0.162 e. The fourth-order valence-electron chi connectivity index (χ4n) is 1.05. The molecule has 0 radical (unpaired) electrons. The van der Waals surface area contributed by atoms with Gasteiger partial charge in [-0.2, -0.15) is 11.3 Å². The van der Waals surface area contributed by atoms with E-state index in [4.69, 9.17) is 11.6 Å². The van der Waals surface area contributed by atoms with Crippen LogP contribution >= 0.6 is 38.9 Å². The zero-order valence-electron chi connectivity index (χ0n) is 7.29. The van der Waals surface area contributed by atoms with Gasteiger partial charge < -0.3 is 0 Å². The molecule has 14 heavy (non-hydrogen) atoms. The zero-order valence-corrected chi connectivity index (χ0v) is 10.4. The molecule has 0 N–H and O–H groups in total. The van der Waals surface area contributed by atoms with Gasteiger partial charge in [0.15, 0.2) is 5.82 Å². The Hall–Kier alpha value is -0.450. The van der Waals surface area contributed by atoms with Crippen LogP contribution in [-0.4, -0.2) is 9.97 Å². The lowest BCUT2D eigenvalue weighted by Crippen LogP contribution is -1.93. The van der Waals surface area contributed by atoms with Crippen molar-refractivity contribution < 1.29 is 0 Å². The summed E-state index contributed by atoms with van der Waals surface area (Å²) in [4.78, 5) is 8.53. The number of halogens is 2. The van der Waals surface area contributed by atoms with Crippen molar-refractivity contribution in [3.8, 4) is 11.4 Å². The Bertz CT molecular complexity index is 433. The molecule has 2 rings (SSSR count). The molecule has 0 fully saturated rings. The molecular formula is C9H6BrClN2S. The average molecular weight is 290 g/mol. The van der Waals surface area contributed by atoms with Crippen LogP contribution in [0.1, 0.15) is 5.69 Å². The van der Waals surface area contributed by atoms with Gasteiger partial charge in [0.25, 0.3) is 0 Å². The molecule has 0 amide bonds. The fourth-order valence-corrected chi connectivity index (χ4v) is 2.07. The first-order valence-electron chi connectivity index (χ1n) is 3.90. The first-order valence-corrected chi connectivity index (χ1v) is 6.02. The van der Waals surface area contributed by atoms with Crippen molar-refractivity contribution in [1.29, 1.82) is 0 Å². The van der Waals surface area contributed by atoms with Crippen LogP contribution in [0.25, 0.3) is 11.4 Å². The largest absolute Gasteiger partial charge is 0.232 e. The summed E-state index contributed by atoms with van der Waals surface area (Å²) in [6.07, 6.45) is 0. The summed E-state index contributed by atoms with van der Waals surface area (Å²) in [5.74, 6) is 0.678. The van der Waals surface area contributed by atoms with E-state index in [-0.39, 0.29) is 0 Å². The van der Waals surface area contributed by atoms with E-state index < -0.39 is 0 Å². The second-order valence-electron chi connectivity index (χ2n) is 2.75. The van der Waals surface area contributed by atoms with Crippen molar-refractivity contribution in [2.45, 2.75) is 6.92 Å². The van der Waals surface area contributed by atoms with Crippen molar-refractivity contribution >= 4 is 38.9 Å². The highest BCUT2D eigenvalue weighted by molar-refractivity contribution is 9.10. The molecule has 0 atom stereocenters. The minimum Gasteiger partial charge on any atom is -0.232 e. The van der Waals surface area contributed by atoms with Crippen LogP contribution in [0, 0.1) is 6.92 Å². The Kier molecular flexibility index (Phi) is 2.85. The monoisotopic (exact) mass is 288 g/mol. The maximum absolute atomic E-state index is 5.94. The first kappa shape index (κ1) is 10.1. The van der Waals surface area contributed by atoms with Crippen molar-refractivity contribution in [2.24, 2.45) is 0 Å². The molecule has 0 aliphatic carbocycles. The number of aryl methyl sites for hydroxylation is 1. The van der Waals surface area contributed by atoms with Crippen LogP contribution < -0.4 is 0 Å². The van der Waals surface area contributed by atoms with Gasteiger partial charge in [0.1, 0.15) is 5.15 Å². The minimum absolute atomic E-state index is 0.457. The molecule has 0 unspecified atom stereocenters. The Balaban J connectivity index is 2.57. The van der Waals surface area contributed by atoms with E-state index in [1.165, 1.54) is 0 Å². The number of aromatic nitrogens is 2. The standard InChI is InChI=1S/C9H6BrClN2S/c1-5-7(10)8(11)13-9(12-5)6-2-3-14-4-6/h2-4H,1H3. The Morgan fingerprint density at radius 1 is 1.43 bits per heavy atom. The van der Waals surface area contributed by atoms with Gasteiger partial charge in [-0.1, -0.05) is 11.6 Å². The lowest BCUT2D eigenvalue weighted by atomic mass is 10.3. The predicted octanol–water partition coefficient (Wildman–Crippen LogP) is 3.93. The Morgan fingerprint density at radius 3 is 2.79 bits per heavy atom. The number of hydrogen-bond acceptors (Lipinski definition) is 3. The molecule has 2 aromatic rings. The molecular weight excluding hydrogens is 284 g/mol. The van der Waals surface area contributed by atoms with Gasteiger partial charge in [-0.05, 0) is 34.3 Å². The van der Waals surface area contributed by atoms with E-state index in [2.05, 4.69) is 25.9 Å². The maximum Gasteiger partial charge on any atom is 0.162 e. The third-order valence-electron chi connectivity index (χ3n) is 1.76. The first-order chi connectivity index (χ1) is 6.68. The fraction of sp³-hybridized carbons (Fsp3) is 0.111. The molecule has 0 aromatic carbocycles. The number of nitrogens with zero attached hydrogens (tertiary/aromatic N) is 2. The van der Waals surface area contributed by atoms with Crippen LogP contribution in [0.2, 0.25) is 5.15 Å². The van der Waals surface area contributed by atoms with Crippen molar-refractivity contribution in [2.75, 3.05) is 0 Å². The SMILES string of the molecule is Cc1nc(-c2ccsc2)nc(Cl)c1Br. The van der Waals surface area contributed by atoms with Crippen molar-refractivity contribution in [3.05, 3.63) is 32.1 Å². The van der Waals surface area contributed by atoms with Crippen LogP contribution in [0.15, 0.2) is 21.3 Å². The molecule has 0 aliphatic rings. The third kappa shape index (κ3) is 1.82. The lowest BCUT2D eigenvalue weighted by molar-refractivity contribution is 1.09. The van der Waals surface area contributed by atoms with Crippen LogP contribution in [0.4, 0.5) is 0 Å². The summed E-state index contributed by atoms with van der Waals surface area (Å²) < 4.78 is 0.762. The molecule has 2 aromatic heterocycles. The molecule has 2 heterocycles. The zero-order chi connectivity index (χ0) is 10.1. The average Bonchev–Trinajstić information content (AvgIpc) is 2.66. The van der Waals surface area contributed by atoms with E-state index in [1.54, 1.807) is 11.3 Å². The number of thiophene rings is 1. The van der Waals surface area contributed by atoms with Gasteiger partial charge in [0.05, 0.1) is 10.2 Å². The summed E-state index contributed by atoms with van der Waals surface area (Å²) >= 11 is 10.9. The molecule has 72 valence electrons. The van der Waals surface area contributed by atoms with Crippen LogP contribution in [0.3, 0.4) is 0 Å². The van der Waals surface area contributed by atoms with E-state index in [0.717, 1.165) is 15.7 Å². The van der Waals surface area contributed by atoms with E-state index in [0.29, 0.717) is 11.0 Å². The van der Waals surface area contributed by atoms with Gasteiger partial charge in [0.2, 0.25) is 0 Å². The van der Waals surface area contributed by atoms with Gasteiger partial charge >= 0.3 is 0 Å². The van der Waals surface area contributed by atoms with Gasteiger partial charge in [-0.3, -0.25) is 0 Å². The molecule has 2 nitrogen and oxygen atoms in total. The molecule has 5 heteroatoms. The van der Waals surface area contributed by atoms with Gasteiger partial charge in [0, 0.05) is 10.9 Å². The second-order valence-corrected chi connectivity index (χ2v) is 4.68. The summed E-state index contributed by atoms with van der Waals surface area (Å²) in [5, 5.41) is 4.45. The summed E-state index contributed by atoms with van der Waals surface area (Å²) in [7, 11) is 0. The Labute approximate surface area is 99.1 Å². The number of rotatable bonds is 1. The van der Waals surface area contributed by atoms with E-state index >= 15 is 0 Å². The van der Waals surface area contributed by atoms with Crippen molar-refractivity contribution in [1.82, 2.24) is 9.97 Å². The quantitative estimate of drug-likeness (QED) is 0.743. The summed E-state index contributed by atoms with van der Waals surface area (Å²) in [6, 6.07) is 1.98. The highest BCUT2D eigenvalue weighted by Crippen LogP contribution is 2.27. The topological polar surface area (TPSA) is 25.8 Å². The highest BCUT2D eigenvalue weighted by atomic mass is 79.9. The van der Waals surface area contributed by atoms with Crippen LogP contribution in [0.5, 0.6) is 0 Å². The molecule has 0 saturated carbocycles. The molecule has 0 spiro atoms. The summed E-state index contributed by atoms with van der Waals surface area (Å²) in [5.41, 5.74) is 1.86. The predicted molar refractivity (Wildman–Crippen MR) is 62.8 cm³/mol.